The fourth-order valence-corrected chi connectivity index (χ4v) is 3.13. The summed E-state index contributed by atoms with van der Waals surface area (Å²) in [5.74, 6) is -2.60. The van der Waals surface area contributed by atoms with Crippen LogP contribution < -0.4 is 4.90 Å². The van der Waals surface area contributed by atoms with Gasteiger partial charge in [0.05, 0.1) is 24.5 Å². The minimum Gasteiger partial charge on any atom is -0.623 e. The first-order chi connectivity index (χ1) is 15.3. The molecule has 1 heterocycles. The second-order valence-corrected chi connectivity index (χ2v) is 6.58. The monoisotopic (exact) mass is 444 g/mol. The maximum absolute atomic E-state index is 14.5. The van der Waals surface area contributed by atoms with Crippen molar-refractivity contribution in [3.8, 4) is 0 Å². The fourth-order valence-electron chi connectivity index (χ4n) is 3.13. The summed E-state index contributed by atoms with van der Waals surface area (Å²) in [4.78, 5) is 37.4. The van der Waals surface area contributed by atoms with Crippen molar-refractivity contribution in [2.45, 2.75) is 26.3 Å². The summed E-state index contributed by atoms with van der Waals surface area (Å²) in [6.45, 7) is 7.22. The first-order valence-electron chi connectivity index (χ1n) is 10.1. The number of esters is 2. The predicted octanol–water partition coefficient (Wildman–Crippen LogP) is 2.66. The third-order valence-corrected chi connectivity index (χ3v) is 4.45. The highest BCUT2D eigenvalue weighted by Crippen LogP contribution is 2.32. The number of hydrogen-bond donors (Lipinski definition) is 0. The lowest BCUT2D eigenvalue weighted by Gasteiger charge is -2.15. The number of amides is 1. The average molecular weight is 444 g/mol. The zero-order valence-electron chi connectivity index (χ0n) is 18.0. The number of ether oxygens (including phenoxy) is 2. The van der Waals surface area contributed by atoms with Gasteiger partial charge in [-0.2, -0.15) is 4.74 Å². The molecule has 2 rings (SSSR count). The normalized spacial score (nSPS) is 15.7. The Kier molecular flexibility index (Phi) is 8.88. The SMILES string of the molecule is C=CCN1C(=O)/C(=[N+](\[O-])C(/C=C/C(=O)OCC)C/C=C/C(=O)OCC)c2cccc(F)c21. The number of hydrogen-bond acceptors (Lipinski definition) is 6. The summed E-state index contributed by atoms with van der Waals surface area (Å²) in [6, 6.07) is 3.01. The molecule has 32 heavy (non-hydrogen) atoms. The van der Waals surface area contributed by atoms with Crippen LogP contribution in [-0.2, 0) is 23.9 Å². The molecule has 9 heteroatoms. The van der Waals surface area contributed by atoms with E-state index in [-0.39, 0.29) is 43.1 Å². The van der Waals surface area contributed by atoms with E-state index in [0.29, 0.717) is 4.74 Å². The molecule has 8 nitrogen and oxygen atoms in total. The van der Waals surface area contributed by atoms with Crippen LogP contribution in [0.4, 0.5) is 10.1 Å². The van der Waals surface area contributed by atoms with Gasteiger partial charge in [0.25, 0.3) is 5.71 Å². The number of hydroxylamine groups is 1. The first kappa shape index (κ1) is 24.5. The van der Waals surface area contributed by atoms with E-state index < -0.39 is 29.7 Å². The van der Waals surface area contributed by atoms with Gasteiger partial charge in [-0.1, -0.05) is 18.2 Å². The van der Waals surface area contributed by atoms with E-state index in [4.69, 9.17) is 9.47 Å². The van der Waals surface area contributed by atoms with Crippen molar-refractivity contribution in [1.29, 1.82) is 0 Å². The molecule has 0 aromatic heterocycles. The van der Waals surface area contributed by atoms with Crippen LogP contribution in [0.15, 0.2) is 55.2 Å². The van der Waals surface area contributed by atoms with Crippen molar-refractivity contribution in [3.05, 3.63) is 71.7 Å². The average Bonchev–Trinajstić information content (AvgIpc) is 3.03. The Bertz CT molecular complexity index is 983. The topological polar surface area (TPSA) is 99.0 Å². The smallest absolute Gasteiger partial charge is 0.330 e. The highest BCUT2D eigenvalue weighted by Gasteiger charge is 2.42. The summed E-state index contributed by atoms with van der Waals surface area (Å²) in [6.07, 6.45) is 6.30. The molecule has 170 valence electrons. The van der Waals surface area contributed by atoms with E-state index in [1.165, 1.54) is 36.4 Å². The third kappa shape index (κ3) is 5.69. The number of carbonyl (C=O) groups is 3. The summed E-state index contributed by atoms with van der Waals surface area (Å²) in [7, 11) is 0. The van der Waals surface area contributed by atoms with Crippen molar-refractivity contribution in [3.63, 3.8) is 0 Å². The quantitative estimate of drug-likeness (QED) is 0.137. The van der Waals surface area contributed by atoms with Gasteiger partial charge in [0.15, 0.2) is 6.04 Å². The number of nitrogens with zero attached hydrogens (tertiary/aromatic N) is 2. The number of anilines is 1. The van der Waals surface area contributed by atoms with E-state index >= 15 is 0 Å². The molecular formula is C23H25FN2O6. The Labute approximate surface area is 185 Å². The molecule has 0 bridgehead atoms. The molecule has 0 radical (unpaired) electrons. The van der Waals surface area contributed by atoms with Gasteiger partial charge >= 0.3 is 17.8 Å². The van der Waals surface area contributed by atoms with Gasteiger partial charge in [-0.3, -0.25) is 9.69 Å². The number of fused-ring (bicyclic) bond motifs is 1. The molecule has 1 aliphatic heterocycles. The summed E-state index contributed by atoms with van der Waals surface area (Å²) in [5.41, 5.74) is -0.149. The molecule has 1 aliphatic rings. The van der Waals surface area contributed by atoms with Crippen molar-refractivity contribution in [2.24, 2.45) is 0 Å². The third-order valence-electron chi connectivity index (χ3n) is 4.45. The van der Waals surface area contributed by atoms with Crippen LogP contribution in [0.25, 0.3) is 0 Å². The standard InChI is InChI=1S/C23H25FN2O6/c1-4-15-25-21-17(10-8-11-18(21)24)22(23(25)29)26(30)16(13-14-20(28)32-6-3)9-7-12-19(27)31-5-2/h4,7-8,10-14,16H,1,5-6,9,15H2,2-3H3/b12-7+,14-13+,26-22-. The molecular weight excluding hydrogens is 419 g/mol. The molecule has 1 unspecified atom stereocenters. The Morgan fingerprint density at radius 1 is 1.22 bits per heavy atom. The van der Waals surface area contributed by atoms with E-state index in [2.05, 4.69) is 6.58 Å². The number of para-hydroxylation sites is 1. The molecule has 1 aromatic rings. The number of rotatable bonds is 10. The Morgan fingerprint density at radius 3 is 2.50 bits per heavy atom. The maximum Gasteiger partial charge on any atom is 0.330 e. The lowest BCUT2D eigenvalue weighted by molar-refractivity contribution is -0.485. The second-order valence-electron chi connectivity index (χ2n) is 6.58. The summed E-state index contributed by atoms with van der Waals surface area (Å²) in [5, 5.41) is 13.3. The van der Waals surface area contributed by atoms with Crippen LogP contribution in [0, 0.1) is 11.0 Å². The number of benzene rings is 1. The molecule has 1 atom stereocenters. The first-order valence-corrected chi connectivity index (χ1v) is 10.1. The van der Waals surface area contributed by atoms with E-state index in [1.807, 2.05) is 0 Å². The lowest BCUT2D eigenvalue weighted by Crippen LogP contribution is -2.36. The van der Waals surface area contributed by atoms with Gasteiger partial charge in [-0.05, 0) is 32.1 Å². The van der Waals surface area contributed by atoms with Gasteiger partial charge in [0.2, 0.25) is 0 Å². The van der Waals surface area contributed by atoms with Crippen LogP contribution in [0.3, 0.4) is 0 Å². The van der Waals surface area contributed by atoms with Gasteiger partial charge in [-0.25, -0.2) is 14.0 Å². The zero-order valence-corrected chi connectivity index (χ0v) is 18.0. The van der Waals surface area contributed by atoms with Crippen LogP contribution in [0.1, 0.15) is 25.8 Å². The Balaban J connectivity index is 2.50. The Hall–Kier alpha value is -3.75. The summed E-state index contributed by atoms with van der Waals surface area (Å²) < 4.78 is 24.5. The van der Waals surface area contributed by atoms with Gasteiger partial charge < -0.3 is 14.7 Å². The number of halogens is 1. The summed E-state index contributed by atoms with van der Waals surface area (Å²) >= 11 is 0. The maximum atomic E-state index is 14.5. The van der Waals surface area contributed by atoms with Crippen LogP contribution in [-0.4, -0.2) is 54.1 Å². The molecule has 0 aliphatic carbocycles. The molecule has 1 amide bonds. The van der Waals surface area contributed by atoms with Crippen molar-refractivity contribution >= 4 is 29.2 Å². The zero-order chi connectivity index (χ0) is 23.7. The largest absolute Gasteiger partial charge is 0.623 e. The highest BCUT2D eigenvalue weighted by molar-refractivity contribution is 6.52. The van der Waals surface area contributed by atoms with Crippen LogP contribution in [0.5, 0.6) is 0 Å². The molecule has 0 N–H and O–H groups in total. The van der Waals surface area contributed by atoms with E-state index in [1.54, 1.807) is 13.8 Å². The lowest BCUT2D eigenvalue weighted by atomic mass is 10.1. The molecule has 1 aromatic carbocycles. The van der Waals surface area contributed by atoms with Gasteiger partial charge in [-0.15, -0.1) is 6.58 Å². The Morgan fingerprint density at radius 2 is 1.88 bits per heavy atom. The van der Waals surface area contributed by atoms with Crippen molar-refractivity contribution in [2.75, 3.05) is 24.7 Å². The van der Waals surface area contributed by atoms with E-state index in [0.717, 1.165) is 17.1 Å². The van der Waals surface area contributed by atoms with Crippen LogP contribution in [0.2, 0.25) is 0 Å². The van der Waals surface area contributed by atoms with Gasteiger partial charge in [0, 0.05) is 25.1 Å². The molecule has 0 saturated carbocycles. The van der Waals surface area contributed by atoms with Crippen LogP contribution >= 0.6 is 0 Å². The van der Waals surface area contributed by atoms with Crippen molar-refractivity contribution in [1.82, 2.24) is 0 Å². The molecule has 0 fully saturated rings. The van der Waals surface area contributed by atoms with Gasteiger partial charge in [0.1, 0.15) is 5.82 Å². The molecule has 0 saturated heterocycles. The molecule has 0 spiro atoms. The fraction of sp³-hybridized carbons (Fsp3) is 0.304. The van der Waals surface area contributed by atoms with E-state index in [9.17, 15) is 24.0 Å². The number of carbonyl (C=O) groups excluding carboxylic acids is 3. The minimum atomic E-state index is -1.05. The van der Waals surface area contributed by atoms with Crippen molar-refractivity contribution < 1.29 is 33.0 Å². The second kappa shape index (κ2) is 11.6. The minimum absolute atomic E-state index is 0.0101. The highest BCUT2D eigenvalue weighted by atomic mass is 19.1. The predicted molar refractivity (Wildman–Crippen MR) is 117 cm³/mol.